The van der Waals surface area contributed by atoms with Crippen molar-refractivity contribution in [2.75, 3.05) is 0 Å². The molecule has 0 heterocycles. The molecular formula is C54H146. The maximum Gasteiger partial charge on any atom is -0.0257 e. The Bertz CT molecular complexity index is 259. The van der Waals surface area contributed by atoms with Gasteiger partial charge in [-0.1, -0.05) is 324 Å². The molecule has 0 aromatic rings. The van der Waals surface area contributed by atoms with Crippen LogP contribution >= 0.6 is 0 Å². The summed E-state index contributed by atoms with van der Waals surface area (Å²) in [7, 11) is 0. The second kappa shape index (κ2) is 149. The summed E-state index contributed by atoms with van der Waals surface area (Å²) in [6, 6.07) is 0. The molecule has 0 aliphatic rings. The average Bonchev–Trinajstić information content (AvgIpc) is 3.10. The van der Waals surface area contributed by atoms with Crippen molar-refractivity contribution in [2.24, 2.45) is 28.6 Å². The molecule has 0 aliphatic heterocycles. The second-order valence-electron chi connectivity index (χ2n) is 11.4. The molecule has 0 spiro atoms. The monoisotopic (exact) mass is 795 g/mol. The lowest BCUT2D eigenvalue weighted by Crippen LogP contribution is -2.31. The molecule has 0 fully saturated rings. The van der Waals surface area contributed by atoms with Crippen molar-refractivity contribution in [3.8, 4) is 0 Å². The molecule has 0 saturated heterocycles. The Labute approximate surface area is 364 Å². The van der Waals surface area contributed by atoms with Crippen LogP contribution in [-0.2, 0) is 0 Å². The van der Waals surface area contributed by atoms with E-state index in [0.717, 1.165) is 17.8 Å². The molecule has 0 N–H and O–H groups in total. The Morgan fingerprint density at radius 2 is 0.352 bits per heavy atom. The van der Waals surface area contributed by atoms with Gasteiger partial charge in [0, 0.05) is 0 Å². The van der Waals surface area contributed by atoms with E-state index in [1.54, 1.807) is 0 Å². The third kappa shape index (κ3) is 124. The molecular weight excluding hydrogens is 649 g/mol. The van der Waals surface area contributed by atoms with Crippen molar-refractivity contribution in [1.82, 2.24) is 0 Å². The summed E-state index contributed by atoms with van der Waals surface area (Å²) in [6.07, 6.45) is 12.9. The van der Waals surface area contributed by atoms with Crippen LogP contribution in [0.2, 0.25) is 0 Å². The zero-order chi connectivity index (χ0) is 42.8. The van der Waals surface area contributed by atoms with Gasteiger partial charge < -0.3 is 0 Å². The van der Waals surface area contributed by atoms with E-state index in [0.29, 0.717) is 10.8 Å². The van der Waals surface area contributed by atoms with E-state index in [2.05, 4.69) is 145 Å². The highest BCUT2D eigenvalue weighted by Crippen LogP contribution is 2.42. The molecule has 0 aromatic heterocycles. The highest BCUT2D eigenvalue weighted by Gasteiger charge is 2.32. The summed E-state index contributed by atoms with van der Waals surface area (Å²) in [5, 5.41) is 0. The average molecular weight is 796 g/mol. The van der Waals surface area contributed by atoms with Gasteiger partial charge in [0.05, 0.1) is 0 Å². The fourth-order valence-electron chi connectivity index (χ4n) is 4.52. The molecule has 0 nitrogen and oxygen atoms in total. The van der Waals surface area contributed by atoms with Gasteiger partial charge in [0.25, 0.3) is 0 Å². The Kier molecular flexibility index (Phi) is 342. The van der Waals surface area contributed by atoms with Gasteiger partial charge in [0.15, 0.2) is 0 Å². The van der Waals surface area contributed by atoms with Gasteiger partial charge in [0.1, 0.15) is 0 Å². The number of rotatable bonds is 8. The molecule has 0 unspecified atom stereocenters. The van der Waals surface area contributed by atoms with Crippen molar-refractivity contribution in [2.45, 2.75) is 337 Å². The first-order chi connectivity index (χ1) is 22.7. The molecule has 0 amide bonds. The fourth-order valence-corrected chi connectivity index (χ4v) is 4.52. The Balaban J connectivity index is -0.0000000154. The summed E-state index contributed by atoms with van der Waals surface area (Å²) < 4.78 is 0. The predicted molar refractivity (Wildman–Crippen MR) is 289 cm³/mol. The lowest BCUT2D eigenvalue weighted by molar-refractivity contribution is 0.0991. The highest BCUT2D eigenvalue weighted by molar-refractivity contribution is 4.82. The zero-order valence-corrected chi connectivity index (χ0v) is 42.8. The van der Waals surface area contributed by atoms with E-state index >= 15 is 0 Å². The SMILES string of the molecule is C.C.C.C.C.C.CC.CC.CC.CC.CC.CC.CCC.CCC.CCC.CCC.CCC.CCC(CC)(C(C)C)C(C)C.CCC(CC)(CC)C(C)C. The topological polar surface area (TPSA) is 0 Å². The zero-order valence-electron chi connectivity index (χ0n) is 42.8. The molecule has 54 heavy (non-hydrogen) atoms. The molecule has 0 atom stereocenters. The van der Waals surface area contributed by atoms with Gasteiger partial charge in [-0.25, -0.2) is 0 Å². The standard InChI is InChI=1S/C11H24.C10H22.5C3H8.6C2H6.6CH4/c1-7-11(8-2,9(3)4)10(5)6;1-6-10(7-2,8-3)9(4)5;5*1-3-2;6*1-2;;;;;;/h9-10H,7-8H2,1-6H3;9H,6-8H2,1-5H3;5*3H2,1-2H3;6*1-2H3;6*1H4. The fraction of sp³-hybridized carbons (Fsp3) is 1.00. The van der Waals surface area contributed by atoms with Gasteiger partial charge >= 0.3 is 0 Å². The molecule has 362 valence electrons. The predicted octanol–water partition coefficient (Wildman–Crippen LogP) is 25.0. The summed E-state index contributed by atoms with van der Waals surface area (Å²) in [6.45, 7) is 70.9. The first-order valence-electron chi connectivity index (χ1n) is 22.7. The summed E-state index contributed by atoms with van der Waals surface area (Å²) in [4.78, 5) is 0. The molecule has 0 radical (unpaired) electrons. The first-order valence-corrected chi connectivity index (χ1v) is 22.7. The van der Waals surface area contributed by atoms with Gasteiger partial charge in [-0.15, -0.1) is 0 Å². The quantitative estimate of drug-likeness (QED) is 0.230. The van der Waals surface area contributed by atoms with E-state index in [1.165, 1.54) is 64.2 Å². The minimum absolute atomic E-state index is 0. The van der Waals surface area contributed by atoms with Crippen LogP contribution in [0.25, 0.3) is 0 Å². The number of hydrogen-bond acceptors (Lipinski definition) is 0. The third-order valence-corrected chi connectivity index (χ3v) is 6.95. The minimum Gasteiger partial charge on any atom is -0.0776 e. The minimum atomic E-state index is 0. The smallest absolute Gasteiger partial charge is 0.0257 e. The molecule has 0 rings (SSSR count). The Morgan fingerprint density at radius 3 is 0.352 bits per heavy atom. The van der Waals surface area contributed by atoms with E-state index in [1.807, 2.05) is 83.1 Å². The van der Waals surface area contributed by atoms with Crippen molar-refractivity contribution in [1.29, 1.82) is 0 Å². The largest absolute Gasteiger partial charge is 0.0776 e. The van der Waals surface area contributed by atoms with E-state index in [-0.39, 0.29) is 44.6 Å². The summed E-state index contributed by atoms with van der Waals surface area (Å²) >= 11 is 0. The normalized spacial score (nSPS) is 7.33. The highest BCUT2D eigenvalue weighted by atomic mass is 14.4. The van der Waals surface area contributed by atoms with Crippen LogP contribution in [0.5, 0.6) is 0 Å². The molecule has 0 bridgehead atoms. The lowest BCUT2D eigenvalue weighted by Gasteiger charge is -2.40. The second-order valence-corrected chi connectivity index (χ2v) is 11.4. The van der Waals surface area contributed by atoms with Crippen LogP contribution in [0.15, 0.2) is 0 Å². The van der Waals surface area contributed by atoms with Gasteiger partial charge in [-0.2, -0.15) is 0 Å². The molecule has 0 saturated carbocycles. The van der Waals surface area contributed by atoms with Crippen molar-refractivity contribution < 1.29 is 0 Å². The summed E-state index contributed by atoms with van der Waals surface area (Å²) in [5.41, 5.74) is 1.21. The van der Waals surface area contributed by atoms with Crippen LogP contribution in [0, 0.1) is 28.6 Å². The van der Waals surface area contributed by atoms with Crippen molar-refractivity contribution in [3.05, 3.63) is 0 Å². The Hall–Kier alpha value is 0. The first kappa shape index (κ1) is 124. The van der Waals surface area contributed by atoms with Gasteiger partial charge in [-0.3, -0.25) is 0 Å². The van der Waals surface area contributed by atoms with Crippen LogP contribution in [0.3, 0.4) is 0 Å². The van der Waals surface area contributed by atoms with E-state index < -0.39 is 0 Å². The molecule has 0 aromatic carbocycles. The number of hydrogen-bond donors (Lipinski definition) is 0. The van der Waals surface area contributed by atoms with Crippen molar-refractivity contribution >= 4 is 0 Å². The van der Waals surface area contributed by atoms with E-state index in [4.69, 9.17) is 0 Å². The van der Waals surface area contributed by atoms with E-state index in [9.17, 15) is 0 Å². The summed E-state index contributed by atoms with van der Waals surface area (Å²) in [5.74, 6) is 2.47. The third-order valence-electron chi connectivity index (χ3n) is 6.95. The lowest BCUT2D eigenvalue weighted by atomic mass is 9.65. The molecule has 0 heteroatoms. The van der Waals surface area contributed by atoms with Crippen LogP contribution in [0.4, 0.5) is 0 Å². The van der Waals surface area contributed by atoms with Crippen LogP contribution in [-0.4, -0.2) is 0 Å². The van der Waals surface area contributed by atoms with Gasteiger partial charge in [0.2, 0.25) is 0 Å². The van der Waals surface area contributed by atoms with Gasteiger partial charge in [-0.05, 0) is 41.4 Å². The van der Waals surface area contributed by atoms with Crippen molar-refractivity contribution in [3.63, 3.8) is 0 Å². The Morgan fingerprint density at radius 1 is 0.241 bits per heavy atom. The maximum atomic E-state index is 2.35. The maximum absolute atomic E-state index is 2.35. The van der Waals surface area contributed by atoms with Crippen LogP contribution in [0.1, 0.15) is 337 Å². The van der Waals surface area contributed by atoms with Crippen LogP contribution < -0.4 is 0 Å². The molecule has 0 aliphatic carbocycles.